The van der Waals surface area contributed by atoms with Crippen LogP contribution in [0.25, 0.3) is 5.69 Å². The molecule has 0 bridgehead atoms. The summed E-state index contributed by atoms with van der Waals surface area (Å²) < 4.78 is 6.25. The predicted octanol–water partition coefficient (Wildman–Crippen LogP) is 2.03. The molecular formula is C15H16N2O3. The van der Waals surface area contributed by atoms with E-state index in [1.807, 2.05) is 31.2 Å². The minimum Gasteiger partial charge on any atom is -0.462 e. The molecule has 1 aromatic heterocycles. The molecule has 0 fully saturated rings. The van der Waals surface area contributed by atoms with Gasteiger partial charge in [-0.05, 0) is 32.9 Å². The normalized spacial score (nSPS) is 10.3. The van der Waals surface area contributed by atoms with E-state index >= 15 is 0 Å². The standard InChI is InChI=1S/C15H16N2O3/c1-4-20-15(19)13-11(3)16-9-17(14(13)18)12-7-5-10(2)6-8-12/h5-9H,4H2,1-3H3. The van der Waals surface area contributed by atoms with Gasteiger partial charge < -0.3 is 4.74 Å². The first-order chi connectivity index (χ1) is 9.54. The van der Waals surface area contributed by atoms with Crippen molar-refractivity contribution in [1.29, 1.82) is 0 Å². The molecule has 0 amide bonds. The number of ether oxygens (including phenoxy) is 1. The third-order valence-electron chi connectivity index (χ3n) is 2.95. The molecule has 0 spiro atoms. The van der Waals surface area contributed by atoms with Crippen molar-refractivity contribution in [2.75, 3.05) is 6.61 Å². The fourth-order valence-corrected chi connectivity index (χ4v) is 1.86. The lowest BCUT2D eigenvalue weighted by Gasteiger charge is -2.09. The van der Waals surface area contributed by atoms with Crippen LogP contribution >= 0.6 is 0 Å². The van der Waals surface area contributed by atoms with Crippen LogP contribution in [0.1, 0.15) is 28.5 Å². The van der Waals surface area contributed by atoms with Crippen LogP contribution in [0, 0.1) is 13.8 Å². The van der Waals surface area contributed by atoms with Crippen LogP contribution in [0.15, 0.2) is 35.4 Å². The first kappa shape index (κ1) is 14.0. The number of carbonyl (C=O) groups excluding carboxylic acids is 1. The molecule has 0 aliphatic carbocycles. The second-order valence-electron chi connectivity index (χ2n) is 4.44. The lowest BCUT2D eigenvalue weighted by Crippen LogP contribution is -2.28. The lowest BCUT2D eigenvalue weighted by atomic mass is 10.2. The molecular weight excluding hydrogens is 256 g/mol. The molecule has 0 unspecified atom stereocenters. The van der Waals surface area contributed by atoms with Crippen LogP contribution in [0.2, 0.25) is 0 Å². The van der Waals surface area contributed by atoms with Gasteiger partial charge in [0.1, 0.15) is 11.9 Å². The maximum atomic E-state index is 12.4. The Hall–Kier alpha value is -2.43. The molecule has 0 N–H and O–H groups in total. The Morgan fingerprint density at radius 2 is 1.90 bits per heavy atom. The molecule has 20 heavy (non-hydrogen) atoms. The summed E-state index contributed by atoms with van der Waals surface area (Å²) in [4.78, 5) is 28.4. The van der Waals surface area contributed by atoms with Gasteiger partial charge in [0.05, 0.1) is 18.0 Å². The summed E-state index contributed by atoms with van der Waals surface area (Å²) in [5.74, 6) is -0.635. The topological polar surface area (TPSA) is 61.2 Å². The molecule has 0 saturated carbocycles. The zero-order valence-corrected chi connectivity index (χ0v) is 11.7. The minimum absolute atomic E-state index is 0.0186. The number of hydrogen-bond acceptors (Lipinski definition) is 4. The Kier molecular flexibility index (Phi) is 3.98. The minimum atomic E-state index is -0.635. The molecule has 0 radical (unpaired) electrons. The lowest BCUT2D eigenvalue weighted by molar-refractivity contribution is 0.0522. The maximum absolute atomic E-state index is 12.4. The zero-order chi connectivity index (χ0) is 14.7. The molecule has 0 saturated heterocycles. The second-order valence-corrected chi connectivity index (χ2v) is 4.44. The van der Waals surface area contributed by atoms with Gasteiger partial charge in [-0.15, -0.1) is 0 Å². The zero-order valence-electron chi connectivity index (χ0n) is 11.7. The van der Waals surface area contributed by atoms with E-state index in [0.717, 1.165) is 5.56 Å². The van der Waals surface area contributed by atoms with Crippen molar-refractivity contribution < 1.29 is 9.53 Å². The van der Waals surface area contributed by atoms with Crippen LogP contribution in [-0.2, 0) is 4.74 Å². The van der Waals surface area contributed by atoms with Gasteiger partial charge in [-0.3, -0.25) is 9.36 Å². The fraction of sp³-hybridized carbons (Fsp3) is 0.267. The Bertz CT molecular complexity index is 687. The van der Waals surface area contributed by atoms with Gasteiger partial charge in [0.15, 0.2) is 0 Å². The second kappa shape index (κ2) is 5.69. The number of aryl methyl sites for hydroxylation is 2. The first-order valence-electron chi connectivity index (χ1n) is 6.37. The highest BCUT2D eigenvalue weighted by Crippen LogP contribution is 2.08. The number of hydrogen-bond donors (Lipinski definition) is 0. The summed E-state index contributed by atoms with van der Waals surface area (Å²) in [6.45, 7) is 5.50. The Labute approximate surface area is 116 Å². The van der Waals surface area contributed by atoms with Crippen molar-refractivity contribution in [3.05, 3.63) is 57.8 Å². The van der Waals surface area contributed by atoms with Gasteiger partial charge in [-0.25, -0.2) is 9.78 Å². The van der Waals surface area contributed by atoms with E-state index in [-0.39, 0.29) is 12.2 Å². The average molecular weight is 272 g/mol. The monoisotopic (exact) mass is 272 g/mol. The van der Waals surface area contributed by atoms with Crippen molar-refractivity contribution in [1.82, 2.24) is 9.55 Å². The molecule has 1 heterocycles. The van der Waals surface area contributed by atoms with Crippen LogP contribution in [0.4, 0.5) is 0 Å². The third-order valence-corrected chi connectivity index (χ3v) is 2.95. The summed E-state index contributed by atoms with van der Waals surface area (Å²) in [6, 6.07) is 7.41. The largest absolute Gasteiger partial charge is 0.462 e. The Balaban J connectivity index is 2.57. The number of carbonyl (C=O) groups is 1. The van der Waals surface area contributed by atoms with Gasteiger partial charge in [0.25, 0.3) is 5.56 Å². The van der Waals surface area contributed by atoms with Gasteiger partial charge in [0, 0.05) is 0 Å². The summed E-state index contributed by atoms with van der Waals surface area (Å²) in [5, 5.41) is 0. The van der Waals surface area contributed by atoms with Gasteiger partial charge in [-0.2, -0.15) is 0 Å². The highest BCUT2D eigenvalue weighted by Gasteiger charge is 2.18. The number of aromatic nitrogens is 2. The van der Waals surface area contributed by atoms with E-state index in [1.54, 1.807) is 13.8 Å². The van der Waals surface area contributed by atoms with Crippen molar-refractivity contribution in [3.63, 3.8) is 0 Å². The predicted molar refractivity (Wildman–Crippen MR) is 75.3 cm³/mol. The summed E-state index contributed by atoms with van der Waals surface area (Å²) in [6.07, 6.45) is 1.42. The molecule has 5 heteroatoms. The van der Waals surface area contributed by atoms with Crippen LogP contribution in [-0.4, -0.2) is 22.1 Å². The third kappa shape index (κ3) is 2.61. The van der Waals surface area contributed by atoms with E-state index in [9.17, 15) is 9.59 Å². The fourth-order valence-electron chi connectivity index (χ4n) is 1.86. The molecule has 2 rings (SSSR count). The van der Waals surface area contributed by atoms with Gasteiger partial charge in [-0.1, -0.05) is 17.7 Å². The van der Waals surface area contributed by atoms with Crippen molar-refractivity contribution in [2.45, 2.75) is 20.8 Å². The first-order valence-corrected chi connectivity index (χ1v) is 6.37. The molecule has 0 aliphatic rings. The highest BCUT2D eigenvalue weighted by molar-refractivity contribution is 5.90. The van der Waals surface area contributed by atoms with E-state index in [0.29, 0.717) is 11.4 Å². The van der Waals surface area contributed by atoms with Crippen molar-refractivity contribution >= 4 is 5.97 Å². The number of rotatable bonds is 3. The van der Waals surface area contributed by atoms with Crippen molar-refractivity contribution in [2.24, 2.45) is 0 Å². The van der Waals surface area contributed by atoms with Crippen LogP contribution in [0.5, 0.6) is 0 Å². The van der Waals surface area contributed by atoms with E-state index in [4.69, 9.17) is 4.74 Å². The number of benzene rings is 1. The van der Waals surface area contributed by atoms with Crippen molar-refractivity contribution in [3.8, 4) is 5.69 Å². The maximum Gasteiger partial charge on any atom is 0.345 e. The van der Waals surface area contributed by atoms with E-state index in [2.05, 4.69) is 4.98 Å². The van der Waals surface area contributed by atoms with E-state index in [1.165, 1.54) is 10.9 Å². The van der Waals surface area contributed by atoms with Gasteiger partial charge >= 0.3 is 5.97 Å². The summed E-state index contributed by atoms with van der Waals surface area (Å²) in [5.41, 5.74) is 1.69. The molecule has 104 valence electrons. The van der Waals surface area contributed by atoms with Crippen LogP contribution in [0.3, 0.4) is 0 Å². The quantitative estimate of drug-likeness (QED) is 0.802. The Morgan fingerprint density at radius 1 is 1.25 bits per heavy atom. The molecule has 1 aromatic carbocycles. The number of esters is 1. The van der Waals surface area contributed by atoms with Gasteiger partial charge in [0.2, 0.25) is 0 Å². The summed E-state index contributed by atoms with van der Waals surface area (Å²) >= 11 is 0. The smallest absolute Gasteiger partial charge is 0.345 e. The summed E-state index contributed by atoms with van der Waals surface area (Å²) in [7, 11) is 0. The molecule has 2 aromatic rings. The molecule has 5 nitrogen and oxygen atoms in total. The van der Waals surface area contributed by atoms with Crippen LogP contribution < -0.4 is 5.56 Å². The molecule has 0 atom stereocenters. The Morgan fingerprint density at radius 3 is 2.50 bits per heavy atom. The SMILES string of the molecule is CCOC(=O)c1c(C)ncn(-c2ccc(C)cc2)c1=O. The average Bonchev–Trinajstić information content (AvgIpc) is 2.41. The highest BCUT2D eigenvalue weighted by atomic mass is 16.5. The number of nitrogens with zero attached hydrogens (tertiary/aromatic N) is 2. The molecule has 0 aliphatic heterocycles. The van der Waals surface area contributed by atoms with E-state index < -0.39 is 11.5 Å².